The monoisotopic (exact) mass is 328 g/mol. The summed E-state index contributed by atoms with van der Waals surface area (Å²) in [5.41, 5.74) is 2.92. The molecule has 1 aromatic carbocycles. The predicted molar refractivity (Wildman–Crippen MR) is 98.7 cm³/mol. The Labute approximate surface area is 144 Å². The molecule has 0 aliphatic carbocycles. The number of amides is 1. The summed E-state index contributed by atoms with van der Waals surface area (Å²) in [5, 5.41) is 9.51. The highest BCUT2D eigenvalue weighted by atomic mass is 16.1. The highest BCUT2D eigenvalue weighted by Crippen LogP contribution is 2.20. The normalized spacial score (nSPS) is 21.7. The van der Waals surface area contributed by atoms with Crippen molar-refractivity contribution in [1.82, 2.24) is 10.2 Å². The standard InChI is InChI=1S/C19H28N4O/c1-15-4-3-11-22(14-15)13-10-20-19(24)17-5-7-18(8-6-17)23-12-9-16(2)21-23/h5-8,15H,3-4,9-14H2,1-2H3,(H,20,24). The maximum absolute atomic E-state index is 12.3. The number of anilines is 1. The number of carbonyl (C=O) groups is 1. The first-order valence-corrected chi connectivity index (χ1v) is 9.04. The second-order valence-corrected chi connectivity index (χ2v) is 7.06. The van der Waals surface area contributed by atoms with Gasteiger partial charge in [0, 0.05) is 43.9 Å². The third-order valence-electron chi connectivity index (χ3n) is 4.86. The molecule has 1 aromatic rings. The van der Waals surface area contributed by atoms with Gasteiger partial charge >= 0.3 is 0 Å². The molecule has 0 bridgehead atoms. The van der Waals surface area contributed by atoms with Crippen molar-refractivity contribution in [2.45, 2.75) is 33.1 Å². The Morgan fingerprint density at radius 1 is 1.29 bits per heavy atom. The Kier molecular flexibility index (Phi) is 5.51. The lowest BCUT2D eigenvalue weighted by molar-refractivity contribution is 0.0944. The van der Waals surface area contributed by atoms with Crippen LogP contribution in [-0.4, -0.2) is 49.2 Å². The molecule has 2 heterocycles. The lowest BCUT2D eigenvalue weighted by atomic mass is 10.0. The van der Waals surface area contributed by atoms with E-state index < -0.39 is 0 Å². The van der Waals surface area contributed by atoms with Gasteiger partial charge in [0.15, 0.2) is 0 Å². The first-order chi connectivity index (χ1) is 11.6. The van der Waals surface area contributed by atoms with Gasteiger partial charge in [-0.15, -0.1) is 0 Å². The number of hydrogen-bond acceptors (Lipinski definition) is 4. The van der Waals surface area contributed by atoms with E-state index in [9.17, 15) is 4.79 Å². The molecule has 1 N–H and O–H groups in total. The van der Waals surface area contributed by atoms with Crippen LogP contribution in [0.2, 0.25) is 0 Å². The lowest BCUT2D eigenvalue weighted by Gasteiger charge is -2.30. The van der Waals surface area contributed by atoms with E-state index in [0.717, 1.165) is 49.9 Å². The highest BCUT2D eigenvalue weighted by molar-refractivity contribution is 5.94. The van der Waals surface area contributed by atoms with E-state index in [4.69, 9.17) is 0 Å². The summed E-state index contributed by atoms with van der Waals surface area (Å²) in [4.78, 5) is 14.7. The van der Waals surface area contributed by atoms with Crippen LogP contribution in [0.5, 0.6) is 0 Å². The molecule has 0 spiro atoms. The van der Waals surface area contributed by atoms with Gasteiger partial charge in [0.05, 0.1) is 5.69 Å². The summed E-state index contributed by atoms with van der Waals surface area (Å²) in [6.45, 7) is 9.23. The Bertz CT molecular complexity index is 596. The fourth-order valence-corrected chi connectivity index (χ4v) is 3.46. The minimum atomic E-state index is 0.00714. The lowest BCUT2D eigenvalue weighted by Crippen LogP contribution is -2.40. The minimum absolute atomic E-state index is 0.00714. The molecule has 24 heavy (non-hydrogen) atoms. The van der Waals surface area contributed by atoms with E-state index in [1.165, 1.54) is 12.8 Å². The highest BCUT2D eigenvalue weighted by Gasteiger charge is 2.16. The summed E-state index contributed by atoms with van der Waals surface area (Å²) in [6, 6.07) is 7.72. The molecule has 5 heteroatoms. The molecular formula is C19H28N4O. The molecule has 2 aliphatic heterocycles. The predicted octanol–water partition coefficient (Wildman–Crippen LogP) is 2.73. The molecule has 1 fully saturated rings. The van der Waals surface area contributed by atoms with Crippen molar-refractivity contribution >= 4 is 17.3 Å². The minimum Gasteiger partial charge on any atom is -0.351 e. The maximum Gasteiger partial charge on any atom is 0.251 e. The number of piperidine rings is 1. The smallest absolute Gasteiger partial charge is 0.251 e. The summed E-state index contributed by atoms with van der Waals surface area (Å²) in [5.74, 6) is 0.784. The molecule has 1 amide bonds. The third kappa shape index (κ3) is 4.35. The Balaban J connectivity index is 1.46. The topological polar surface area (TPSA) is 47.9 Å². The van der Waals surface area contributed by atoms with E-state index in [-0.39, 0.29) is 5.91 Å². The van der Waals surface area contributed by atoms with Crippen molar-refractivity contribution < 1.29 is 4.79 Å². The molecule has 0 aromatic heterocycles. The number of benzene rings is 1. The molecular weight excluding hydrogens is 300 g/mol. The Hall–Kier alpha value is -1.88. The zero-order chi connectivity index (χ0) is 16.9. The van der Waals surface area contributed by atoms with Gasteiger partial charge in [0.25, 0.3) is 5.91 Å². The second-order valence-electron chi connectivity index (χ2n) is 7.06. The number of rotatable bonds is 5. The fraction of sp³-hybridized carbons (Fsp3) is 0.579. The molecule has 5 nitrogen and oxygen atoms in total. The quantitative estimate of drug-likeness (QED) is 0.904. The van der Waals surface area contributed by atoms with Crippen LogP contribution in [-0.2, 0) is 0 Å². The molecule has 2 aliphatic rings. The van der Waals surface area contributed by atoms with Crippen molar-refractivity contribution in [3.05, 3.63) is 29.8 Å². The molecule has 1 unspecified atom stereocenters. The van der Waals surface area contributed by atoms with Gasteiger partial charge < -0.3 is 10.2 Å². The Morgan fingerprint density at radius 2 is 2.08 bits per heavy atom. The number of carbonyl (C=O) groups excluding carboxylic acids is 1. The zero-order valence-electron chi connectivity index (χ0n) is 14.8. The number of hydrazone groups is 1. The van der Waals surface area contributed by atoms with Crippen molar-refractivity contribution in [3.63, 3.8) is 0 Å². The third-order valence-corrected chi connectivity index (χ3v) is 4.86. The fourth-order valence-electron chi connectivity index (χ4n) is 3.46. The van der Waals surface area contributed by atoms with Crippen LogP contribution in [0.4, 0.5) is 5.69 Å². The van der Waals surface area contributed by atoms with Gasteiger partial charge in [-0.25, -0.2) is 0 Å². The number of nitrogens with zero attached hydrogens (tertiary/aromatic N) is 3. The molecule has 0 saturated carbocycles. The van der Waals surface area contributed by atoms with Crippen molar-refractivity contribution in [3.8, 4) is 0 Å². The van der Waals surface area contributed by atoms with Gasteiger partial charge in [-0.3, -0.25) is 9.80 Å². The molecule has 3 rings (SSSR count). The zero-order valence-corrected chi connectivity index (χ0v) is 14.8. The summed E-state index contributed by atoms with van der Waals surface area (Å²) < 4.78 is 0. The van der Waals surface area contributed by atoms with E-state index in [0.29, 0.717) is 12.1 Å². The maximum atomic E-state index is 12.3. The van der Waals surface area contributed by atoms with Gasteiger partial charge in [0.1, 0.15) is 0 Å². The first-order valence-electron chi connectivity index (χ1n) is 9.04. The summed E-state index contributed by atoms with van der Waals surface area (Å²) >= 11 is 0. The molecule has 1 atom stereocenters. The van der Waals surface area contributed by atoms with Crippen molar-refractivity contribution in [1.29, 1.82) is 0 Å². The van der Waals surface area contributed by atoms with Crippen LogP contribution in [0.3, 0.4) is 0 Å². The van der Waals surface area contributed by atoms with Crippen LogP contribution in [0, 0.1) is 5.92 Å². The van der Waals surface area contributed by atoms with Crippen LogP contribution < -0.4 is 10.3 Å². The first kappa shape index (κ1) is 17.0. The van der Waals surface area contributed by atoms with Crippen LogP contribution in [0.15, 0.2) is 29.4 Å². The summed E-state index contributed by atoms with van der Waals surface area (Å²) in [7, 11) is 0. The van der Waals surface area contributed by atoms with E-state index in [1.807, 2.05) is 36.2 Å². The van der Waals surface area contributed by atoms with Crippen molar-refractivity contribution in [2.75, 3.05) is 37.7 Å². The number of nitrogens with one attached hydrogen (secondary N) is 1. The molecule has 1 saturated heterocycles. The van der Waals surface area contributed by atoms with E-state index in [2.05, 4.69) is 22.2 Å². The van der Waals surface area contributed by atoms with Gasteiger partial charge in [-0.2, -0.15) is 5.10 Å². The van der Waals surface area contributed by atoms with E-state index in [1.54, 1.807) is 0 Å². The van der Waals surface area contributed by atoms with Gasteiger partial charge in [-0.05, 0) is 56.5 Å². The number of hydrogen-bond donors (Lipinski definition) is 1. The van der Waals surface area contributed by atoms with Crippen LogP contribution in [0.1, 0.15) is 43.5 Å². The Morgan fingerprint density at radius 3 is 2.75 bits per heavy atom. The number of likely N-dealkylation sites (tertiary alicyclic amines) is 1. The SMILES string of the molecule is CC1=NN(c2ccc(C(=O)NCCN3CCCC(C)C3)cc2)CC1. The average molecular weight is 328 g/mol. The van der Waals surface area contributed by atoms with Crippen LogP contribution in [0.25, 0.3) is 0 Å². The average Bonchev–Trinajstić information content (AvgIpc) is 3.01. The summed E-state index contributed by atoms with van der Waals surface area (Å²) in [6.07, 6.45) is 3.61. The second kappa shape index (κ2) is 7.79. The van der Waals surface area contributed by atoms with Gasteiger partial charge in [-0.1, -0.05) is 6.92 Å². The van der Waals surface area contributed by atoms with E-state index >= 15 is 0 Å². The molecule has 130 valence electrons. The van der Waals surface area contributed by atoms with Crippen LogP contribution >= 0.6 is 0 Å². The van der Waals surface area contributed by atoms with Gasteiger partial charge in [0.2, 0.25) is 0 Å². The van der Waals surface area contributed by atoms with Crippen molar-refractivity contribution in [2.24, 2.45) is 11.0 Å². The molecule has 0 radical (unpaired) electrons. The largest absolute Gasteiger partial charge is 0.351 e.